The highest BCUT2D eigenvalue weighted by molar-refractivity contribution is 9.09. The van der Waals surface area contributed by atoms with Gasteiger partial charge in [-0.2, -0.15) is 0 Å². The molecule has 2 rings (SSSR count). The Kier molecular flexibility index (Phi) is 4.53. The fourth-order valence-electron chi connectivity index (χ4n) is 3.40. The quantitative estimate of drug-likeness (QED) is 0.645. The molecule has 1 aliphatic carbocycles. The zero-order valence-corrected chi connectivity index (χ0v) is 13.5. The van der Waals surface area contributed by atoms with Crippen molar-refractivity contribution < 1.29 is 0 Å². The minimum Gasteiger partial charge on any atom is -0.0884 e. The first-order chi connectivity index (χ1) is 8.49. The fourth-order valence-corrected chi connectivity index (χ4v) is 4.75. The average molecular weight is 309 g/mol. The van der Waals surface area contributed by atoms with Crippen molar-refractivity contribution in [3.63, 3.8) is 0 Å². The van der Waals surface area contributed by atoms with Gasteiger partial charge in [-0.15, -0.1) is 0 Å². The topological polar surface area (TPSA) is 0 Å². The zero-order chi connectivity index (χ0) is 13.2. The monoisotopic (exact) mass is 308 g/mol. The first kappa shape index (κ1) is 14.1. The van der Waals surface area contributed by atoms with E-state index in [-0.39, 0.29) is 0 Å². The van der Waals surface area contributed by atoms with E-state index in [9.17, 15) is 0 Å². The summed E-state index contributed by atoms with van der Waals surface area (Å²) in [5, 5.41) is 0. The number of rotatable bonds is 3. The molecule has 0 aromatic heterocycles. The largest absolute Gasteiger partial charge is 0.0884 e. The molecule has 0 amide bonds. The van der Waals surface area contributed by atoms with Crippen LogP contribution in [-0.4, -0.2) is 4.83 Å². The van der Waals surface area contributed by atoms with Gasteiger partial charge in [0, 0.05) is 4.83 Å². The molecule has 1 aromatic rings. The maximum atomic E-state index is 3.98. The minimum atomic E-state index is 0.496. The molecule has 1 aliphatic rings. The number of hydrogen-bond donors (Lipinski definition) is 0. The third-order valence-corrected chi connectivity index (χ3v) is 5.50. The van der Waals surface area contributed by atoms with Gasteiger partial charge in [0.25, 0.3) is 0 Å². The fraction of sp³-hybridized carbons (Fsp3) is 0.647. The van der Waals surface area contributed by atoms with Crippen molar-refractivity contribution in [2.24, 2.45) is 11.3 Å². The summed E-state index contributed by atoms with van der Waals surface area (Å²) in [5.41, 5.74) is 3.34. The van der Waals surface area contributed by atoms with Gasteiger partial charge in [0.1, 0.15) is 0 Å². The summed E-state index contributed by atoms with van der Waals surface area (Å²) in [7, 11) is 0. The highest BCUT2D eigenvalue weighted by atomic mass is 79.9. The predicted molar refractivity (Wildman–Crippen MR) is 83.3 cm³/mol. The molecule has 0 aliphatic heterocycles. The van der Waals surface area contributed by atoms with E-state index in [4.69, 9.17) is 0 Å². The number of benzene rings is 1. The predicted octanol–water partition coefficient (Wildman–Crippen LogP) is 5.52. The molecule has 1 fully saturated rings. The normalized spacial score (nSPS) is 24.8. The molecular formula is C17H25Br. The van der Waals surface area contributed by atoms with E-state index in [1.165, 1.54) is 36.8 Å². The third-order valence-electron chi connectivity index (χ3n) is 4.54. The van der Waals surface area contributed by atoms with Gasteiger partial charge in [-0.05, 0) is 43.1 Å². The molecule has 0 nitrogen and oxygen atoms in total. The van der Waals surface area contributed by atoms with Crippen LogP contribution in [0.5, 0.6) is 0 Å². The van der Waals surface area contributed by atoms with Crippen molar-refractivity contribution in [1.82, 2.24) is 0 Å². The summed E-state index contributed by atoms with van der Waals surface area (Å²) in [6.07, 6.45) is 6.75. The molecule has 100 valence electrons. The molecule has 18 heavy (non-hydrogen) atoms. The van der Waals surface area contributed by atoms with Crippen molar-refractivity contribution in [3.8, 4) is 0 Å². The Bertz CT molecular complexity index is 394. The third kappa shape index (κ3) is 3.38. The van der Waals surface area contributed by atoms with Crippen molar-refractivity contribution in [2.75, 3.05) is 0 Å². The smallest absolute Gasteiger partial charge is 0.0219 e. The van der Waals surface area contributed by atoms with E-state index in [2.05, 4.69) is 61.0 Å². The van der Waals surface area contributed by atoms with Crippen LogP contribution in [0.3, 0.4) is 0 Å². The summed E-state index contributed by atoms with van der Waals surface area (Å²) >= 11 is 3.98. The Hall–Kier alpha value is -0.300. The van der Waals surface area contributed by atoms with Gasteiger partial charge >= 0.3 is 0 Å². The van der Waals surface area contributed by atoms with Gasteiger partial charge in [-0.3, -0.25) is 0 Å². The second-order valence-corrected chi connectivity index (χ2v) is 7.73. The molecule has 1 heteroatoms. The number of aryl methyl sites for hydroxylation is 1. The van der Waals surface area contributed by atoms with Crippen molar-refractivity contribution in [2.45, 2.75) is 57.7 Å². The lowest BCUT2D eigenvalue weighted by Crippen LogP contribution is -2.35. The van der Waals surface area contributed by atoms with Gasteiger partial charge < -0.3 is 0 Å². The summed E-state index contributed by atoms with van der Waals surface area (Å²) in [6, 6.07) is 8.94. The summed E-state index contributed by atoms with van der Waals surface area (Å²) < 4.78 is 0. The molecule has 0 N–H and O–H groups in total. The van der Waals surface area contributed by atoms with E-state index in [1.54, 1.807) is 0 Å². The molecular weight excluding hydrogens is 284 g/mol. The van der Waals surface area contributed by atoms with E-state index in [0.29, 0.717) is 10.2 Å². The molecule has 2 unspecified atom stereocenters. The molecule has 0 spiro atoms. The van der Waals surface area contributed by atoms with E-state index in [0.717, 1.165) is 12.3 Å². The van der Waals surface area contributed by atoms with Crippen LogP contribution in [0.25, 0.3) is 0 Å². The lowest BCUT2D eigenvalue weighted by molar-refractivity contribution is 0.136. The van der Waals surface area contributed by atoms with Crippen LogP contribution in [0, 0.1) is 18.3 Å². The maximum absolute atomic E-state index is 3.98. The SMILES string of the molecule is Cc1cccc(CC(Br)C2CCCCC2(C)C)c1. The van der Waals surface area contributed by atoms with E-state index in [1.807, 2.05) is 0 Å². The molecule has 0 bridgehead atoms. The Morgan fingerprint density at radius 1 is 1.33 bits per heavy atom. The van der Waals surface area contributed by atoms with Crippen molar-refractivity contribution in [3.05, 3.63) is 35.4 Å². The van der Waals surface area contributed by atoms with Crippen LogP contribution in [0.15, 0.2) is 24.3 Å². The van der Waals surface area contributed by atoms with Crippen molar-refractivity contribution in [1.29, 1.82) is 0 Å². The van der Waals surface area contributed by atoms with Gasteiger partial charge in [-0.25, -0.2) is 0 Å². The molecule has 0 saturated heterocycles. The average Bonchev–Trinajstić information content (AvgIpc) is 2.28. The van der Waals surface area contributed by atoms with E-state index >= 15 is 0 Å². The van der Waals surface area contributed by atoms with E-state index < -0.39 is 0 Å². The highest BCUT2D eigenvalue weighted by Gasteiger charge is 2.36. The Morgan fingerprint density at radius 3 is 2.78 bits per heavy atom. The van der Waals surface area contributed by atoms with Crippen LogP contribution in [-0.2, 0) is 6.42 Å². The first-order valence-electron chi connectivity index (χ1n) is 7.19. The summed E-state index contributed by atoms with van der Waals surface area (Å²) in [4.78, 5) is 0.620. The lowest BCUT2D eigenvalue weighted by Gasteiger charge is -2.41. The lowest BCUT2D eigenvalue weighted by atomic mass is 9.67. The molecule has 1 saturated carbocycles. The van der Waals surface area contributed by atoms with Crippen LogP contribution >= 0.6 is 15.9 Å². The summed E-state index contributed by atoms with van der Waals surface area (Å²) in [6.45, 7) is 7.07. The Balaban J connectivity index is 2.05. The van der Waals surface area contributed by atoms with Gasteiger partial charge in [0.05, 0.1) is 0 Å². The van der Waals surface area contributed by atoms with Crippen molar-refractivity contribution >= 4 is 15.9 Å². The van der Waals surface area contributed by atoms with Crippen LogP contribution in [0.4, 0.5) is 0 Å². The molecule has 0 radical (unpaired) electrons. The first-order valence-corrected chi connectivity index (χ1v) is 8.10. The zero-order valence-electron chi connectivity index (χ0n) is 11.9. The Labute approximate surface area is 120 Å². The highest BCUT2D eigenvalue weighted by Crippen LogP contribution is 2.45. The Morgan fingerprint density at radius 2 is 2.11 bits per heavy atom. The van der Waals surface area contributed by atoms with Gasteiger partial charge in [0.2, 0.25) is 0 Å². The maximum Gasteiger partial charge on any atom is 0.0219 e. The molecule has 1 aromatic carbocycles. The van der Waals surface area contributed by atoms with Crippen LogP contribution < -0.4 is 0 Å². The number of alkyl halides is 1. The molecule has 2 atom stereocenters. The minimum absolute atomic E-state index is 0.496. The summed E-state index contributed by atoms with van der Waals surface area (Å²) in [5.74, 6) is 0.812. The van der Waals surface area contributed by atoms with Gasteiger partial charge in [-0.1, -0.05) is 72.4 Å². The standard InChI is InChI=1S/C17H25Br/c1-13-7-6-8-14(11-13)12-16(18)15-9-4-5-10-17(15,2)3/h6-8,11,15-16H,4-5,9-10,12H2,1-3H3. The second kappa shape index (κ2) is 5.77. The number of hydrogen-bond acceptors (Lipinski definition) is 0. The number of halogens is 1. The molecule has 0 heterocycles. The van der Waals surface area contributed by atoms with Crippen LogP contribution in [0.1, 0.15) is 50.7 Å². The van der Waals surface area contributed by atoms with Gasteiger partial charge in [0.15, 0.2) is 0 Å². The second-order valence-electron chi connectivity index (χ2n) is 6.55. The van der Waals surface area contributed by atoms with Crippen LogP contribution in [0.2, 0.25) is 0 Å².